The summed E-state index contributed by atoms with van der Waals surface area (Å²) >= 11 is 7.06. The normalized spacial score (nSPS) is 12.4. The molecule has 1 heterocycles. The lowest BCUT2D eigenvalue weighted by molar-refractivity contribution is 0.210. The molecule has 0 fully saturated rings. The first-order valence-corrected chi connectivity index (χ1v) is 5.72. The van der Waals surface area contributed by atoms with Crippen molar-refractivity contribution in [2.24, 2.45) is 0 Å². The maximum absolute atomic E-state index is 10.1. The number of hydrogen-bond donors (Lipinski definition) is 1. The third-order valence-corrected chi connectivity index (χ3v) is 2.90. The van der Waals surface area contributed by atoms with Crippen molar-refractivity contribution in [2.45, 2.75) is 6.10 Å². The molecular formula is C10H9ClN2O2S. The van der Waals surface area contributed by atoms with E-state index in [9.17, 15) is 5.11 Å². The lowest BCUT2D eigenvalue weighted by Gasteiger charge is -2.12. The van der Waals surface area contributed by atoms with E-state index in [4.69, 9.17) is 16.3 Å². The zero-order valence-electron chi connectivity index (χ0n) is 8.42. The van der Waals surface area contributed by atoms with Crippen molar-refractivity contribution in [3.8, 4) is 5.75 Å². The molecule has 1 N–H and O–H groups in total. The van der Waals surface area contributed by atoms with Gasteiger partial charge in [-0.2, -0.15) is 0 Å². The number of aliphatic hydroxyl groups excluding tert-OH is 1. The Morgan fingerprint density at radius 2 is 2.31 bits per heavy atom. The van der Waals surface area contributed by atoms with Gasteiger partial charge in [-0.15, -0.1) is 5.10 Å². The van der Waals surface area contributed by atoms with Crippen LogP contribution in [0.3, 0.4) is 0 Å². The zero-order valence-corrected chi connectivity index (χ0v) is 10.00. The first-order valence-electron chi connectivity index (χ1n) is 4.51. The van der Waals surface area contributed by atoms with Gasteiger partial charge in [-0.25, -0.2) is 0 Å². The van der Waals surface area contributed by atoms with E-state index < -0.39 is 6.10 Å². The summed E-state index contributed by atoms with van der Waals surface area (Å²) in [5, 5.41) is 16.1. The molecule has 84 valence electrons. The van der Waals surface area contributed by atoms with Gasteiger partial charge >= 0.3 is 0 Å². The number of ether oxygens (including phenoxy) is 1. The lowest BCUT2D eigenvalue weighted by atomic mass is 10.1. The molecule has 0 amide bonds. The highest BCUT2D eigenvalue weighted by Gasteiger charge is 2.18. The van der Waals surface area contributed by atoms with Gasteiger partial charge in [-0.1, -0.05) is 16.1 Å². The minimum Gasteiger partial charge on any atom is -0.496 e. The molecule has 4 nitrogen and oxygen atoms in total. The number of halogens is 1. The number of methoxy groups -OCH3 is 1. The summed E-state index contributed by atoms with van der Waals surface area (Å²) < 4.78 is 8.86. The molecule has 0 saturated heterocycles. The fourth-order valence-electron chi connectivity index (χ4n) is 1.37. The quantitative estimate of drug-likeness (QED) is 0.915. The average molecular weight is 257 g/mol. The van der Waals surface area contributed by atoms with Crippen molar-refractivity contribution in [1.82, 2.24) is 9.59 Å². The van der Waals surface area contributed by atoms with Gasteiger partial charge in [-0.3, -0.25) is 0 Å². The Morgan fingerprint density at radius 3 is 2.94 bits per heavy atom. The van der Waals surface area contributed by atoms with E-state index in [0.717, 1.165) is 0 Å². The maximum atomic E-state index is 10.1. The van der Waals surface area contributed by atoms with Crippen LogP contribution in [0.5, 0.6) is 5.75 Å². The lowest BCUT2D eigenvalue weighted by Crippen LogP contribution is -2.03. The second-order valence-electron chi connectivity index (χ2n) is 3.12. The minimum atomic E-state index is -0.868. The van der Waals surface area contributed by atoms with Crippen molar-refractivity contribution < 1.29 is 9.84 Å². The number of benzene rings is 1. The van der Waals surface area contributed by atoms with Crippen molar-refractivity contribution >= 4 is 23.1 Å². The Morgan fingerprint density at radius 1 is 1.50 bits per heavy atom. The maximum Gasteiger partial charge on any atom is 0.127 e. The predicted molar refractivity (Wildman–Crippen MR) is 62.0 cm³/mol. The molecule has 0 aliphatic rings. The SMILES string of the molecule is COc1ccc(Cl)cc1C(O)c1csnn1. The summed E-state index contributed by atoms with van der Waals surface area (Å²) in [5.74, 6) is 0.574. The van der Waals surface area contributed by atoms with Crippen LogP contribution in [0, 0.1) is 0 Å². The van der Waals surface area contributed by atoms with E-state index in [1.807, 2.05) is 0 Å². The summed E-state index contributed by atoms with van der Waals surface area (Å²) in [6, 6.07) is 5.07. The third-order valence-electron chi connectivity index (χ3n) is 2.14. The van der Waals surface area contributed by atoms with Crippen LogP contribution < -0.4 is 4.74 Å². The van der Waals surface area contributed by atoms with E-state index >= 15 is 0 Å². The summed E-state index contributed by atoms with van der Waals surface area (Å²) in [6.45, 7) is 0. The van der Waals surface area contributed by atoms with Gasteiger partial charge < -0.3 is 9.84 Å². The second kappa shape index (κ2) is 4.78. The van der Waals surface area contributed by atoms with Crippen LogP contribution in [-0.4, -0.2) is 21.8 Å². The first kappa shape index (κ1) is 11.3. The largest absolute Gasteiger partial charge is 0.496 e. The van der Waals surface area contributed by atoms with Crippen molar-refractivity contribution in [2.75, 3.05) is 7.11 Å². The molecule has 0 saturated carbocycles. The number of rotatable bonds is 3. The summed E-state index contributed by atoms with van der Waals surface area (Å²) in [5.41, 5.74) is 1.08. The number of nitrogens with zero attached hydrogens (tertiary/aromatic N) is 2. The topological polar surface area (TPSA) is 55.2 Å². The molecule has 0 bridgehead atoms. The van der Waals surface area contributed by atoms with Crippen molar-refractivity contribution in [3.63, 3.8) is 0 Å². The Bertz CT molecular complexity index is 476. The second-order valence-corrected chi connectivity index (χ2v) is 4.16. The van der Waals surface area contributed by atoms with Gasteiger partial charge in [-0.05, 0) is 29.7 Å². The monoisotopic (exact) mass is 256 g/mol. The zero-order chi connectivity index (χ0) is 11.5. The van der Waals surface area contributed by atoms with Crippen LogP contribution in [0.15, 0.2) is 23.6 Å². The van der Waals surface area contributed by atoms with E-state index in [0.29, 0.717) is 22.0 Å². The van der Waals surface area contributed by atoms with E-state index in [2.05, 4.69) is 9.59 Å². The van der Waals surface area contributed by atoms with Crippen molar-refractivity contribution in [1.29, 1.82) is 0 Å². The highest BCUT2D eigenvalue weighted by Crippen LogP contribution is 2.31. The fraction of sp³-hybridized carbons (Fsp3) is 0.200. The summed E-state index contributed by atoms with van der Waals surface area (Å²) in [7, 11) is 1.54. The number of hydrogen-bond acceptors (Lipinski definition) is 5. The molecule has 1 atom stereocenters. The fourth-order valence-corrected chi connectivity index (χ4v) is 2.02. The Kier molecular flexibility index (Phi) is 3.38. The van der Waals surface area contributed by atoms with Gasteiger partial charge in [0, 0.05) is 16.0 Å². The van der Waals surface area contributed by atoms with Gasteiger partial charge in [0.25, 0.3) is 0 Å². The molecule has 6 heteroatoms. The highest BCUT2D eigenvalue weighted by atomic mass is 35.5. The van der Waals surface area contributed by atoms with E-state index in [1.54, 1.807) is 30.7 Å². The molecule has 2 rings (SSSR count). The molecular weight excluding hydrogens is 248 g/mol. The molecule has 1 aromatic heterocycles. The van der Waals surface area contributed by atoms with Crippen LogP contribution in [0.1, 0.15) is 17.4 Å². The average Bonchev–Trinajstić information content (AvgIpc) is 2.81. The standard InChI is InChI=1S/C10H9ClN2O2S/c1-15-9-3-2-6(11)4-7(9)10(14)8-5-16-13-12-8/h2-5,10,14H,1H3. The summed E-state index contributed by atoms with van der Waals surface area (Å²) in [4.78, 5) is 0. The van der Waals surface area contributed by atoms with Crippen LogP contribution >= 0.6 is 23.1 Å². The summed E-state index contributed by atoms with van der Waals surface area (Å²) in [6.07, 6.45) is -0.868. The van der Waals surface area contributed by atoms with Crippen LogP contribution in [0.2, 0.25) is 5.02 Å². The van der Waals surface area contributed by atoms with Crippen LogP contribution in [0.4, 0.5) is 0 Å². The molecule has 1 unspecified atom stereocenters. The molecule has 2 aromatic rings. The molecule has 1 aromatic carbocycles. The van der Waals surface area contributed by atoms with Gasteiger partial charge in [0.15, 0.2) is 0 Å². The Labute approximate surface area is 102 Å². The predicted octanol–water partition coefficient (Wildman–Crippen LogP) is 2.28. The Balaban J connectivity index is 2.42. The van der Waals surface area contributed by atoms with Crippen LogP contribution in [0.25, 0.3) is 0 Å². The van der Waals surface area contributed by atoms with E-state index in [-0.39, 0.29) is 0 Å². The Hall–Kier alpha value is -1.17. The third kappa shape index (κ3) is 2.16. The van der Waals surface area contributed by atoms with Gasteiger partial charge in [0.1, 0.15) is 17.5 Å². The smallest absolute Gasteiger partial charge is 0.127 e. The highest BCUT2D eigenvalue weighted by molar-refractivity contribution is 7.03. The molecule has 16 heavy (non-hydrogen) atoms. The number of aromatic nitrogens is 2. The van der Waals surface area contributed by atoms with Crippen molar-refractivity contribution in [3.05, 3.63) is 39.9 Å². The van der Waals surface area contributed by atoms with Gasteiger partial charge in [0.2, 0.25) is 0 Å². The molecule has 0 aliphatic carbocycles. The van der Waals surface area contributed by atoms with Crippen LogP contribution in [-0.2, 0) is 0 Å². The minimum absolute atomic E-state index is 0.491. The van der Waals surface area contributed by atoms with E-state index in [1.165, 1.54) is 11.5 Å². The molecule has 0 aliphatic heterocycles. The molecule has 0 spiro atoms. The molecule has 0 radical (unpaired) electrons. The van der Waals surface area contributed by atoms with Gasteiger partial charge in [0.05, 0.1) is 7.11 Å². The first-order chi connectivity index (χ1) is 7.72. The number of aliphatic hydroxyl groups is 1.